The largest absolute Gasteiger partial charge is 0.531 e. The highest BCUT2D eigenvalue weighted by Crippen LogP contribution is 2.39. The molecule has 0 unspecified atom stereocenters. The molecule has 5 rings (SSSR count). The third-order valence-corrected chi connectivity index (χ3v) is 8.05. The van der Waals surface area contributed by atoms with Gasteiger partial charge in [-0.15, -0.1) is 0 Å². The zero-order valence-corrected chi connectivity index (χ0v) is 27.3. The van der Waals surface area contributed by atoms with Gasteiger partial charge in [0, 0.05) is 5.56 Å². The van der Waals surface area contributed by atoms with Crippen LogP contribution >= 0.6 is 0 Å². The summed E-state index contributed by atoms with van der Waals surface area (Å²) in [4.78, 5) is 22.2. The minimum atomic E-state index is -0.324. The Morgan fingerprint density at radius 1 is 0.750 bits per heavy atom. The molecule has 3 heterocycles. The van der Waals surface area contributed by atoms with Crippen LogP contribution in [0.3, 0.4) is 0 Å². The molecule has 3 aliphatic rings. The Morgan fingerprint density at radius 3 is 1.80 bits per heavy atom. The van der Waals surface area contributed by atoms with Crippen molar-refractivity contribution in [3.63, 3.8) is 0 Å². The van der Waals surface area contributed by atoms with Crippen LogP contribution in [0.4, 0.5) is 0 Å². The molecule has 8 nitrogen and oxygen atoms in total. The topological polar surface area (TPSA) is 89.5 Å². The summed E-state index contributed by atoms with van der Waals surface area (Å²) in [6.07, 6.45) is 9.04. The van der Waals surface area contributed by atoms with E-state index in [1.807, 2.05) is 55.5 Å². The molecular formula is C35H47BO8. The van der Waals surface area contributed by atoms with Crippen molar-refractivity contribution in [1.29, 1.82) is 0 Å². The first-order chi connectivity index (χ1) is 21.0. The van der Waals surface area contributed by atoms with Gasteiger partial charge in [0.15, 0.2) is 0 Å². The third-order valence-electron chi connectivity index (χ3n) is 8.05. The number of methoxy groups -OCH3 is 2. The van der Waals surface area contributed by atoms with Crippen LogP contribution in [0, 0.1) is 6.92 Å². The quantitative estimate of drug-likeness (QED) is 0.269. The van der Waals surface area contributed by atoms with Gasteiger partial charge in [0.25, 0.3) is 0 Å². The Bertz CT molecular complexity index is 1300. The van der Waals surface area contributed by atoms with Crippen molar-refractivity contribution in [2.24, 2.45) is 0 Å². The molecule has 1 saturated heterocycles. The van der Waals surface area contributed by atoms with Crippen molar-refractivity contribution >= 4 is 24.8 Å². The number of ether oxygens (including phenoxy) is 4. The molecule has 0 amide bonds. The second-order valence-electron chi connectivity index (χ2n) is 11.8. The molecule has 44 heavy (non-hydrogen) atoms. The van der Waals surface area contributed by atoms with Crippen molar-refractivity contribution in [3.05, 3.63) is 88.6 Å². The maximum atomic E-state index is 11.3. The lowest BCUT2D eigenvalue weighted by atomic mass is 9.85. The number of hydrogen-bond donors (Lipinski definition) is 0. The summed E-state index contributed by atoms with van der Waals surface area (Å²) in [6, 6.07) is 15.6. The molecule has 0 aliphatic carbocycles. The summed E-state index contributed by atoms with van der Waals surface area (Å²) < 4.78 is 32.2. The van der Waals surface area contributed by atoms with E-state index in [0.717, 1.165) is 72.6 Å². The first-order valence-electron chi connectivity index (χ1n) is 15.2. The van der Waals surface area contributed by atoms with Crippen LogP contribution in [0.1, 0.15) is 75.6 Å². The van der Waals surface area contributed by atoms with Gasteiger partial charge in [0.05, 0.1) is 51.5 Å². The summed E-state index contributed by atoms with van der Waals surface area (Å²) in [5.41, 5.74) is 4.40. The molecular weight excluding hydrogens is 559 g/mol. The van der Waals surface area contributed by atoms with Crippen molar-refractivity contribution in [3.8, 4) is 0 Å². The van der Waals surface area contributed by atoms with Crippen molar-refractivity contribution < 1.29 is 37.8 Å². The highest BCUT2D eigenvalue weighted by atomic mass is 16.7. The highest BCUT2D eigenvalue weighted by Gasteiger charge is 2.53. The molecule has 2 aromatic carbocycles. The molecule has 238 valence electrons. The first-order valence-corrected chi connectivity index (χ1v) is 15.2. The monoisotopic (exact) mass is 606 g/mol. The van der Waals surface area contributed by atoms with Gasteiger partial charge in [-0.2, -0.15) is 0 Å². The normalized spacial score (nSPS) is 18.0. The number of hydrogen-bond acceptors (Lipinski definition) is 8. The fraction of sp³-hybridized carbons (Fsp3) is 0.486. The fourth-order valence-electron chi connectivity index (χ4n) is 4.62. The van der Waals surface area contributed by atoms with E-state index < -0.39 is 0 Å². The Morgan fingerprint density at radius 2 is 1.27 bits per heavy atom. The second kappa shape index (κ2) is 16.5. The van der Waals surface area contributed by atoms with E-state index in [4.69, 9.17) is 23.5 Å². The Balaban J connectivity index is 0.000000183. The third kappa shape index (κ3) is 9.99. The number of rotatable bonds is 6. The number of allylic oxidation sites excluding steroid dienone is 2. The zero-order valence-electron chi connectivity index (χ0n) is 27.3. The zero-order chi connectivity index (χ0) is 32.2. The van der Waals surface area contributed by atoms with Crippen LogP contribution in [-0.4, -0.2) is 57.7 Å². The minimum absolute atomic E-state index is 0.190. The molecule has 1 fully saturated rings. The number of aryl methyl sites for hydroxylation is 1. The highest BCUT2D eigenvalue weighted by molar-refractivity contribution is 6.53. The smallest absolute Gasteiger partial charge is 0.502 e. The van der Waals surface area contributed by atoms with E-state index in [-0.39, 0.29) is 36.7 Å². The lowest BCUT2D eigenvalue weighted by Crippen LogP contribution is -2.41. The Labute approximate surface area is 262 Å². The molecule has 2 aromatic rings. The Kier molecular flexibility index (Phi) is 13.1. The van der Waals surface area contributed by atoms with Crippen molar-refractivity contribution in [2.45, 2.75) is 84.3 Å². The van der Waals surface area contributed by atoms with Crippen LogP contribution in [-0.2, 0) is 50.7 Å². The van der Waals surface area contributed by atoms with Gasteiger partial charge in [-0.1, -0.05) is 48.5 Å². The molecule has 3 aliphatic heterocycles. The fourth-order valence-corrected chi connectivity index (χ4v) is 4.62. The van der Waals surface area contributed by atoms with Crippen LogP contribution in [0.2, 0.25) is 0 Å². The number of esters is 2. The molecule has 0 atom stereocenters. The maximum Gasteiger partial charge on any atom is 0.531 e. The lowest BCUT2D eigenvalue weighted by molar-refractivity contribution is -0.140. The van der Waals surface area contributed by atoms with Gasteiger partial charge in [0.2, 0.25) is 0 Å². The van der Waals surface area contributed by atoms with Gasteiger partial charge < -0.3 is 28.3 Å². The van der Waals surface area contributed by atoms with Crippen LogP contribution in [0.5, 0.6) is 0 Å². The second-order valence-corrected chi connectivity index (χ2v) is 11.8. The van der Waals surface area contributed by atoms with Gasteiger partial charge in [-0.3, -0.25) is 9.59 Å². The summed E-state index contributed by atoms with van der Waals surface area (Å²) >= 11 is 0. The maximum absolute atomic E-state index is 11.3. The standard InChI is InChI=1S/C14H16O3.C11H19BO3.C10H12O2/c1-16-14(15)10-11-6-2-3-7-12(11)13-8-4-5-9-17-13;1-10(2)11(3,4)15-12(14-10)9-7-5-6-8-13-9;1-8-5-3-4-6-9(8)7-10(11)12-2/h2-3,6-8H,4-5,9-10H2,1H3;7H,5-6,8H2,1-4H3;3-6H,7H2,1-2H3. The summed E-state index contributed by atoms with van der Waals surface area (Å²) in [5, 5.41) is 0. The van der Waals surface area contributed by atoms with Gasteiger partial charge in [-0.25, -0.2) is 0 Å². The van der Waals surface area contributed by atoms with Crippen LogP contribution in [0.15, 0.2) is 66.3 Å². The van der Waals surface area contributed by atoms with E-state index in [1.54, 1.807) is 0 Å². The van der Waals surface area contributed by atoms with E-state index in [1.165, 1.54) is 14.2 Å². The average Bonchev–Trinajstić information content (AvgIpc) is 3.26. The van der Waals surface area contributed by atoms with E-state index >= 15 is 0 Å². The predicted octanol–water partition coefficient (Wildman–Crippen LogP) is 6.58. The number of carbonyl (C=O) groups excluding carboxylic acids is 2. The number of benzene rings is 2. The van der Waals surface area contributed by atoms with Gasteiger partial charge in [0.1, 0.15) is 11.4 Å². The summed E-state index contributed by atoms with van der Waals surface area (Å²) in [7, 11) is 2.48. The summed E-state index contributed by atoms with van der Waals surface area (Å²) in [6.45, 7) is 11.7. The summed E-state index contributed by atoms with van der Waals surface area (Å²) in [5.74, 6) is 0.467. The molecule has 9 heteroatoms. The predicted molar refractivity (Wildman–Crippen MR) is 172 cm³/mol. The van der Waals surface area contributed by atoms with Crippen LogP contribution in [0.25, 0.3) is 5.76 Å². The van der Waals surface area contributed by atoms with Crippen molar-refractivity contribution in [2.75, 3.05) is 27.4 Å². The average molecular weight is 607 g/mol. The SMILES string of the molecule is CC1(C)OB(C2=CCCCO2)OC1(C)C.COC(=O)Cc1ccccc1C.COC(=O)Cc1ccccc1C1=CCCCO1. The van der Waals surface area contributed by atoms with Gasteiger partial charge >= 0.3 is 19.1 Å². The van der Waals surface area contributed by atoms with E-state index in [0.29, 0.717) is 6.42 Å². The molecule has 0 saturated carbocycles. The van der Waals surface area contributed by atoms with E-state index in [2.05, 4.69) is 44.6 Å². The molecule has 0 radical (unpaired) electrons. The Hall–Kier alpha value is -3.56. The molecule has 0 N–H and O–H groups in total. The van der Waals surface area contributed by atoms with E-state index in [9.17, 15) is 9.59 Å². The molecule has 0 spiro atoms. The van der Waals surface area contributed by atoms with Crippen molar-refractivity contribution in [1.82, 2.24) is 0 Å². The minimum Gasteiger partial charge on any atom is -0.502 e. The first kappa shape index (κ1) is 34.9. The van der Waals surface area contributed by atoms with Crippen LogP contribution < -0.4 is 0 Å². The molecule has 0 aromatic heterocycles. The van der Waals surface area contributed by atoms with Gasteiger partial charge in [-0.05, 0) is 89.1 Å². The lowest BCUT2D eigenvalue weighted by Gasteiger charge is -2.32. The molecule has 0 bridgehead atoms. The number of carbonyl (C=O) groups is 2.